The number of allylic oxidation sites excluding steroid dienone is 1. The Bertz CT molecular complexity index is 1260. The lowest BCUT2D eigenvalue weighted by atomic mass is 10.0. The predicted octanol–water partition coefficient (Wildman–Crippen LogP) is 6.32. The van der Waals surface area contributed by atoms with E-state index in [9.17, 15) is 20.6 Å². The van der Waals surface area contributed by atoms with Gasteiger partial charge < -0.3 is 4.74 Å². The molecule has 0 atom stereocenters. The Morgan fingerprint density at radius 1 is 1.10 bits per heavy atom. The van der Waals surface area contributed by atoms with E-state index in [0.717, 1.165) is 12.7 Å². The van der Waals surface area contributed by atoms with Crippen LogP contribution in [0.5, 0.6) is 5.75 Å². The molecule has 152 valence electrons. The van der Waals surface area contributed by atoms with Crippen LogP contribution in [0.4, 0.5) is 5.69 Å². The monoisotopic (exact) mass is 633 g/mol. The molecule has 0 heterocycles. The molecular formula is C23H13I2N3O3. The third-order valence-electron chi connectivity index (χ3n) is 4.36. The minimum absolute atomic E-state index is 0.0370. The number of nitriles is 2. The Balaban J connectivity index is 1.99. The number of benzene rings is 3. The van der Waals surface area contributed by atoms with Crippen LogP contribution in [-0.4, -0.2) is 4.92 Å². The summed E-state index contributed by atoms with van der Waals surface area (Å²) >= 11 is 4.37. The van der Waals surface area contributed by atoms with E-state index >= 15 is 0 Å². The predicted molar refractivity (Wildman–Crippen MR) is 134 cm³/mol. The summed E-state index contributed by atoms with van der Waals surface area (Å²) in [7, 11) is 0. The van der Waals surface area contributed by atoms with E-state index in [1.807, 2.05) is 24.3 Å². The molecule has 0 fully saturated rings. The summed E-state index contributed by atoms with van der Waals surface area (Å²) in [5.74, 6) is 0.600. The van der Waals surface area contributed by atoms with E-state index in [-0.39, 0.29) is 12.3 Å². The molecule has 8 heteroatoms. The first-order chi connectivity index (χ1) is 14.9. The Morgan fingerprint density at radius 3 is 2.45 bits per heavy atom. The molecule has 3 aromatic carbocycles. The highest BCUT2D eigenvalue weighted by Gasteiger charge is 2.13. The number of halogens is 2. The van der Waals surface area contributed by atoms with Gasteiger partial charge in [-0.15, -0.1) is 0 Å². The molecule has 0 saturated carbocycles. The summed E-state index contributed by atoms with van der Waals surface area (Å²) in [5, 5.41) is 29.9. The van der Waals surface area contributed by atoms with E-state index in [2.05, 4.69) is 57.3 Å². The number of hydrogen-bond acceptors (Lipinski definition) is 5. The molecule has 0 unspecified atom stereocenters. The normalized spacial score (nSPS) is 10.8. The summed E-state index contributed by atoms with van der Waals surface area (Å²) in [4.78, 5) is 10.4. The van der Waals surface area contributed by atoms with Crippen molar-refractivity contribution >= 4 is 62.5 Å². The molecule has 0 aliphatic rings. The van der Waals surface area contributed by atoms with E-state index in [4.69, 9.17) is 4.74 Å². The molecule has 0 amide bonds. The number of nitro groups is 1. The van der Waals surface area contributed by atoms with Gasteiger partial charge in [-0.2, -0.15) is 10.5 Å². The summed E-state index contributed by atoms with van der Waals surface area (Å²) in [5.41, 5.74) is 2.91. The second-order valence-electron chi connectivity index (χ2n) is 6.34. The number of non-ortho nitro benzene ring substituents is 1. The molecule has 0 N–H and O–H groups in total. The Labute approximate surface area is 206 Å². The second kappa shape index (κ2) is 10.4. The SMILES string of the molecule is N#C/C(=C/c1cc(I)cc(I)c1OCc1ccccc1C#N)c1ccc([N+](=O)[O-])cc1. The van der Waals surface area contributed by atoms with Gasteiger partial charge in [-0.05, 0) is 87.2 Å². The highest BCUT2D eigenvalue weighted by Crippen LogP contribution is 2.32. The molecule has 31 heavy (non-hydrogen) atoms. The van der Waals surface area contributed by atoms with Crippen molar-refractivity contribution in [1.82, 2.24) is 0 Å². The van der Waals surface area contributed by atoms with Crippen molar-refractivity contribution in [2.75, 3.05) is 0 Å². The maximum absolute atomic E-state index is 10.9. The van der Waals surface area contributed by atoms with Crippen LogP contribution in [0, 0.1) is 39.9 Å². The van der Waals surface area contributed by atoms with E-state index in [0.29, 0.717) is 28.0 Å². The largest absolute Gasteiger partial charge is 0.487 e. The first-order valence-corrected chi connectivity index (χ1v) is 11.0. The number of nitrogens with zero attached hydrogens (tertiary/aromatic N) is 3. The first kappa shape index (κ1) is 22.7. The van der Waals surface area contributed by atoms with Gasteiger partial charge in [-0.1, -0.05) is 18.2 Å². The molecule has 0 aliphatic carbocycles. The number of rotatable bonds is 6. The zero-order chi connectivity index (χ0) is 22.4. The van der Waals surface area contributed by atoms with Gasteiger partial charge in [-0.25, -0.2) is 0 Å². The van der Waals surface area contributed by atoms with Crippen LogP contribution >= 0.6 is 45.2 Å². The van der Waals surface area contributed by atoms with Crippen LogP contribution in [0.25, 0.3) is 11.6 Å². The zero-order valence-corrected chi connectivity index (χ0v) is 20.2. The lowest BCUT2D eigenvalue weighted by molar-refractivity contribution is -0.384. The maximum atomic E-state index is 10.9. The van der Waals surface area contributed by atoms with Crippen LogP contribution in [0.15, 0.2) is 60.7 Å². The van der Waals surface area contributed by atoms with Crippen molar-refractivity contribution < 1.29 is 9.66 Å². The Morgan fingerprint density at radius 2 is 1.81 bits per heavy atom. The highest BCUT2D eigenvalue weighted by atomic mass is 127. The molecule has 0 aliphatic heterocycles. The summed E-state index contributed by atoms with van der Waals surface area (Å²) in [6.07, 6.45) is 1.71. The minimum Gasteiger partial charge on any atom is -0.487 e. The molecule has 3 aromatic rings. The smallest absolute Gasteiger partial charge is 0.269 e. The molecular weight excluding hydrogens is 620 g/mol. The van der Waals surface area contributed by atoms with Crippen molar-refractivity contribution in [3.8, 4) is 17.9 Å². The maximum Gasteiger partial charge on any atom is 0.269 e. The number of nitro benzene ring substituents is 1. The van der Waals surface area contributed by atoms with Gasteiger partial charge >= 0.3 is 0 Å². The average Bonchev–Trinajstić information content (AvgIpc) is 2.77. The van der Waals surface area contributed by atoms with E-state index in [1.165, 1.54) is 12.1 Å². The fourth-order valence-corrected chi connectivity index (χ4v) is 4.89. The van der Waals surface area contributed by atoms with Crippen LogP contribution < -0.4 is 4.74 Å². The Hall–Kier alpha value is -2.96. The van der Waals surface area contributed by atoms with Gasteiger partial charge in [-0.3, -0.25) is 10.1 Å². The fraction of sp³-hybridized carbons (Fsp3) is 0.0435. The second-order valence-corrected chi connectivity index (χ2v) is 8.75. The molecule has 0 aromatic heterocycles. The third-order valence-corrected chi connectivity index (χ3v) is 5.78. The van der Waals surface area contributed by atoms with Gasteiger partial charge in [0.15, 0.2) is 0 Å². The summed E-state index contributed by atoms with van der Waals surface area (Å²) in [6.45, 7) is 0.209. The molecule has 0 bridgehead atoms. The number of ether oxygens (including phenoxy) is 1. The van der Waals surface area contributed by atoms with Crippen molar-refractivity contribution in [2.24, 2.45) is 0 Å². The van der Waals surface area contributed by atoms with Gasteiger partial charge in [0.2, 0.25) is 0 Å². The molecule has 3 rings (SSSR count). The van der Waals surface area contributed by atoms with Gasteiger partial charge in [0.05, 0.1) is 31.8 Å². The molecule has 0 saturated heterocycles. The van der Waals surface area contributed by atoms with Gasteiger partial charge in [0, 0.05) is 26.8 Å². The fourth-order valence-electron chi connectivity index (χ4n) is 2.84. The zero-order valence-electron chi connectivity index (χ0n) is 15.9. The molecule has 6 nitrogen and oxygen atoms in total. The van der Waals surface area contributed by atoms with Gasteiger partial charge in [0.25, 0.3) is 5.69 Å². The Kier molecular flexibility index (Phi) is 7.60. The third kappa shape index (κ3) is 5.60. The van der Waals surface area contributed by atoms with Crippen LogP contribution in [-0.2, 0) is 6.61 Å². The van der Waals surface area contributed by atoms with Crippen molar-refractivity contribution in [3.05, 3.63) is 100 Å². The molecule has 0 spiro atoms. The van der Waals surface area contributed by atoms with Crippen LogP contribution in [0.3, 0.4) is 0 Å². The van der Waals surface area contributed by atoms with Crippen molar-refractivity contribution in [3.63, 3.8) is 0 Å². The van der Waals surface area contributed by atoms with Crippen molar-refractivity contribution in [1.29, 1.82) is 10.5 Å². The van der Waals surface area contributed by atoms with Crippen LogP contribution in [0.1, 0.15) is 22.3 Å². The standard InChI is InChI=1S/C23H13I2N3O3/c24-20-10-18(9-19(13-27)15-5-7-21(8-6-15)28(29)30)23(22(25)11-20)31-14-17-4-2-1-3-16(17)12-26/h1-11H,14H2/b19-9-. The lowest BCUT2D eigenvalue weighted by Crippen LogP contribution is -2.01. The first-order valence-electron chi connectivity index (χ1n) is 8.89. The van der Waals surface area contributed by atoms with Crippen LogP contribution in [0.2, 0.25) is 0 Å². The highest BCUT2D eigenvalue weighted by molar-refractivity contribution is 14.1. The van der Waals surface area contributed by atoms with Gasteiger partial charge in [0.1, 0.15) is 12.4 Å². The topological polar surface area (TPSA) is 99.9 Å². The minimum atomic E-state index is -0.480. The van der Waals surface area contributed by atoms with E-state index in [1.54, 1.807) is 30.3 Å². The number of hydrogen-bond donors (Lipinski definition) is 0. The summed E-state index contributed by atoms with van der Waals surface area (Å²) < 4.78 is 7.92. The van der Waals surface area contributed by atoms with Crippen molar-refractivity contribution in [2.45, 2.75) is 6.61 Å². The van der Waals surface area contributed by atoms with E-state index < -0.39 is 4.92 Å². The quantitative estimate of drug-likeness (QED) is 0.104. The lowest BCUT2D eigenvalue weighted by Gasteiger charge is -2.13. The molecule has 0 radical (unpaired) electrons. The average molecular weight is 633 g/mol. The summed E-state index contributed by atoms with van der Waals surface area (Å²) in [6, 6.07) is 21.2.